The van der Waals surface area contributed by atoms with Gasteiger partial charge in [-0.15, -0.1) is 11.8 Å². The summed E-state index contributed by atoms with van der Waals surface area (Å²) in [5, 5.41) is 4.07. The zero-order valence-corrected chi connectivity index (χ0v) is 16.3. The fourth-order valence-corrected chi connectivity index (χ4v) is 3.22. The Morgan fingerprint density at radius 1 is 1.12 bits per heavy atom. The summed E-state index contributed by atoms with van der Waals surface area (Å²) in [7, 11) is 3.19. The molecular formula is C20H24N2O3S. The van der Waals surface area contributed by atoms with E-state index in [0.29, 0.717) is 17.9 Å². The molecule has 0 radical (unpaired) electrons. The number of hydrogen-bond acceptors (Lipinski definition) is 5. The molecule has 26 heavy (non-hydrogen) atoms. The van der Waals surface area contributed by atoms with E-state index in [9.17, 15) is 4.79 Å². The molecule has 1 N–H and O–H groups in total. The minimum atomic E-state index is -0.246. The van der Waals surface area contributed by atoms with E-state index in [1.54, 1.807) is 14.2 Å². The summed E-state index contributed by atoms with van der Waals surface area (Å²) >= 11 is 1.50. The van der Waals surface area contributed by atoms with Gasteiger partial charge >= 0.3 is 0 Å². The van der Waals surface area contributed by atoms with Crippen LogP contribution in [0.15, 0.2) is 58.5 Å². The van der Waals surface area contributed by atoms with Crippen molar-refractivity contribution in [2.75, 3.05) is 14.2 Å². The van der Waals surface area contributed by atoms with Crippen LogP contribution in [0.1, 0.15) is 25.8 Å². The normalized spacial score (nSPS) is 12.4. The van der Waals surface area contributed by atoms with Crippen LogP contribution in [0.4, 0.5) is 0 Å². The Kier molecular flexibility index (Phi) is 7.53. The lowest BCUT2D eigenvalue weighted by atomic mass is 10.1. The van der Waals surface area contributed by atoms with Gasteiger partial charge in [-0.05, 0) is 43.7 Å². The van der Waals surface area contributed by atoms with Crippen molar-refractivity contribution < 1.29 is 14.3 Å². The molecule has 1 unspecified atom stereocenters. The molecule has 6 heteroatoms. The number of hydrazone groups is 1. The van der Waals surface area contributed by atoms with E-state index >= 15 is 0 Å². The third-order valence-corrected chi connectivity index (χ3v) is 4.89. The van der Waals surface area contributed by atoms with Crippen LogP contribution in [-0.4, -0.2) is 31.1 Å². The van der Waals surface area contributed by atoms with Crippen molar-refractivity contribution >= 4 is 23.4 Å². The summed E-state index contributed by atoms with van der Waals surface area (Å²) in [5.74, 6) is 1.15. The number of rotatable bonds is 8. The van der Waals surface area contributed by atoms with Gasteiger partial charge in [-0.1, -0.05) is 25.1 Å². The number of benzene rings is 2. The fourth-order valence-electron chi connectivity index (χ4n) is 2.33. The van der Waals surface area contributed by atoms with Crippen molar-refractivity contribution in [3.63, 3.8) is 0 Å². The smallest absolute Gasteiger partial charge is 0.253 e. The highest BCUT2D eigenvalue weighted by atomic mass is 32.2. The Morgan fingerprint density at radius 2 is 1.81 bits per heavy atom. The predicted molar refractivity (Wildman–Crippen MR) is 106 cm³/mol. The molecule has 5 nitrogen and oxygen atoms in total. The maximum atomic E-state index is 12.3. The Hall–Kier alpha value is -2.47. The molecule has 138 valence electrons. The maximum Gasteiger partial charge on any atom is 0.253 e. The van der Waals surface area contributed by atoms with E-state index in [4.69, 9.17) is 9.47 Å². The number of methoxy groups -OCH3 is 2. The fraction of sp³-hybridized carbons (Fsp3) is 0.300. The van der Waals surface area contributed by atoms with Crippen LogP contribution >= 0.6 is 11.8 Å². The number of carbonyl (C=O) groups is 1. The standard InChI is InChI=1S/C20H24N2O3S/c1-5-17(15-11-12-18(24-3)19(13-15)25-4)21-22-20(23)14(2)26-16-9-7-6-8-10-16/h6-14H,5H2,1-4H3,(H,22,23). The molecule has 0 aliphatic heterocycles. The summed E-state index contributed by atoms with van der Waals surface area (Å²) in [6.07, 6.45) is 0.677. The summed E-state index contributed by atoms with van der Waals surface area (Å²) in [4.78, 5) is 13.4. The summed E-state index contributed by atoms with van der Waals surface area (Å²) in [5.41, 5.74) is 4.33. The summed E-state index contributed by atoms with van der Waals surface area (Å²) < 4.78 is 10.6. The quantitative estimate of drug-likeness (QED) is 0.430. The molecule has 0 saturated carbocycles. The lowest BCUT2D eigenvalue weighted by Gasteiger charge is -2.12. The molecule has 0 heterocycles. The van der Waals surface area contributed by atoms with E-state index in [0.717, 1.165) is 16.2 Å². The Balaban J connectivity index is 2.07. The number of nitrogens with one attached hydrogen (secondary N) is 1. The number of carbonyl (C=O) groups excluding carboxylic acids is 1. The van der Waals surface area contributed by atoms with E-state index in [1.165, 1.54) is 11.8 Å². The number of ether oxygens (including phenoxy) is 2. The van der Waals surface area contributed by atoms with E-state index in [2.05, 4.69) is 10.5 Å². The molecule has 0 aliphatic carbocycles. The molecule has 0 spiro atoms. The van der Waals surface area contributed by atoms with E-state index < -0.39 is 0 Å². The lowest BCUT2D eigenvalue weighted by molar-refractivity contribution is -0.120. The first-order chi connectivity index (χ1) is 12.6. The monoisotopic (exact) mass is 372 g/mol. The lowest BCUT2D eigenvalue weighted by Crippen LogP contribution is -2.28. The van der Waals surface area contributed by atoms with Crippen LogP contribution < -0.4 is 14.9 Å². The molecule has 0 aromatic heterocycles. The highest BCUT2D eigenvalue weighted by molar-refractivity contribution is 8.00. The molecule has 1 atom stereocenters. The van der Waals surface area contributed by atoms with E-state index in [-0.39, 0.29) is 11.2 Å². The first-order valence-electron chi connectivity index (χ1n) is 8.39. The zero-order valence-electron chi connectivity index (χ0n) is 15.5. The van der Waals surface area contributed by atoms with Gasteiger partial charge in [-0.2, -0.15) is 5.10 Å². The average molecular weight is 372 g/mol. The molecular weight excluding hydrogens is 348 g/mol. The highest BCUT2D eigenvalue weighted by Gasteiger charge is 2.14. The Bertz CT molecular complexity index is 763. The molecule has 1 amide bonds. The third-order valence-electron chi connectivity index (χ3n) is 3.78. The number of amides is 1. The largest absolute Gasteiger partial charge is 0.493 e. The van der Waals surface area contributed by atoms with Gasteiger partial charge in [0.05, 0.1) is 25.2 Å². The van der Waals surface area contributed by atoms with Crippen LogP contribution in [-0.2, 0) is 4.79 Å². The molecule has 0 aliphatic rings. The van der Waals surface area contributed by atoms with Crippen LogP contribution in [0, 0.1) is 0 Å². The van der Waals surface area contributed by atoms with Crippen LogP contribution in [0.5, 0.6) is 11.5 Å². The number of thioether (sulfide) groups is 1. The first-order valence-corrected chi connectivity index (χ1v) is 9.27. The second kappa shape index (κ2) is 9.87. The van der Waals surface area contributed by atoms with Gasteiger partial charge in [0, 0.05) is 10.5 Å². The number of nitrogens with zero attached hydrogens (tertiary/aromatic N) is 1. The van der Waals surface area contributed by atoms with Gasteiger partial charge in [-0.3, -0.25) is 4.79 Å². The van der Waals surface area contributed by atoms with Crippen LogP contribution in [0.2, 0.25) is 0 Å². The second-order valence-electron chi connectivity index (χ2n) is 5.53. The van der Waals surface area contributed by atoms with Crippen molar-refractivity contribution in [2.24, 2.45) is 5.10 Å². The summed E-state index contributed by atoms with van der Waals surface area (Å²) in [6, 6.07) is 15.4. The van der Waals surface area contributed by atoms with Gasteiger partial charge in [0.2, 0.25) is 0 Å². The Morgan fingerprint density at radius 3 is 2.42 bits per heavy atom. The second-order valence-corrected chi connectivity index (χ2v) is 6.95. The van der Waals surface area contributed by atoms with Gasteiger partial charge in [0.25, 0.3) is 5.91 Å². The van der Waals surface area contributed by atoms with Crippen molar-refractivity contribution in [1.82, 2.24) is 5.43 Å². The van der Waals surface area contributed by atoms with Gasteiger partial charge < -0.3 is 9.47 Å². The zero-order chi connectivity index (χ0) is 18.9. The molecule has 0 bridgehead atoms. The molecule has 0 fully saturated rings. The molecule has 0 saturated heterocycles. The minimum absolute atomic E-state index is 0.134. The van der Waals surface area contributed by atoms with Gasteiger partial charge in [0.15, 0.2) is 11.5 Å². The maximum absolute atomic E-state index is 12.3. The van der Waals surface area contributed by atoms with Crippen molar-refractivity contribution in [2.45, 2.75) is 30.4 Å². The predicted octanol–water partition coefficient (Wildman–Crippen LogP) is 4.11. The number of hydrogen-bond donors (Lipinski definition) is 1. The van der Waals surface area contributed by atoms with Crippen LogP contribution in [0.3, 0.4) is 0 Å². The minimum Gasteiger partial charge on any atom is -0.493 e. The summed E-state index contributed by atoms with van der Waals surface area (Å²) in [6.45, 7) is 3.86. The SMILES string of the molecule is CCC(=NNC(=O)C(C)Sc1ccccc1)c1ccc(OC)c(OC)c1. The molecule has 2 aromatic rings. The Labute approximate surface area is 158 Å². The molecule has 2 rings (SSSR count). The topological polar surface area (TPSA) is 59.9 Å². The van der Waals surface area contributed by atoms with Crippen molar-refractivity contribution in [3.8, 4) is 11.5 Å². The van der Waals surface area contributed by atoms with Gasteiger partial charge in [0.1, 0.15) is 0 Å². The third kappa shape index (κ3) is 5.26. The van der Waals surface area contributed by atoms with Crippen LogP contribution in [0.25, 0.3) is 0 Å². The highest BCUT2D eigenvalue weighted by Crippen LogP contribution is 2.28. The van der Waals surface area contributed by atoms with Crippen molar-refractivity contribution in [3.05, 3.63) is 54.1 Å². The average Bonchev–Trinajstić information content (AvgIpc) is 2.68. The van der Waals surface area contributed by atoms with Gasteiger partial charge in [-0.25, -0.2) is 5.43 Å². The molecule has 2 aromatic carbocycles. The first kappa shape index (κ1) is 19.8. The van der Waals surface area contributed by atoms with Crippen molar-refractivity contribution in [1.29, 1.82) is 0 Å². The van der Waals surface area contributed by atoms with E-state index in [1.807, 2.05) is 62.4 Å².